The number of nitrogen functional groups attached to an aromatic ring is 1. The number of rotatable bonds is 8. The molecule has 2 heterocycles. The molecule has 0 fully saturated rings. The van der Waals surface area contributed by atoms with Crippen molar-refractivity contribution in [2.75, 3.05) is 11.1 Å². The van der Waals surface area contributed by atoms with Gasteiger partial charge < -0.3 is 11.1 Å². The first-order valence-corrected chi connectivity index (χ1v) is 9.66. The lowest BCUT2D eigenvalue weighted by molar-refractivity contribution is -0.115. The number of halogens is 1. The number of aromatic nitrogens is 4. The summed E-state index contributed by atoms with van der Waals surface area (Å²) in [5, 5.41) is 21.3. The fraction of sp³-hybridized carbons (Fsp3) is 0.312. The number of nitrogens with two attached hydrogens (primary N) is 1. The predicted molar refractivity (Wildman–Crippen MR) is 99.6 cm³/mol. The van der Waals surface area contributed by atoms with Gasteiger partial charge in [-0.15, -0.1) is 20.4 Å². The van der Waals surface area contributed by atoms with Crippen molar-refractivity contribution < 1.29 is 9.18 Å². The number of anilines is 2. The third-order valence-electron chi connectivity index (χ3n) is 3.48. The van der Waals surface area contributed by atoms with Gasteiger partial charge in [0.2, 0.25) is 16.2 Å². The van der Waals surface area contributed by atoms with E-state index in [1.54, 1.807) is 12.1 Å². The standard InChI is InChI=1S/C16H17FN6OS2/c17-11-5-3-4-10(8-11)9-12(24)19-16-23-21-14(26-16)7-2-1-6-13-20-22-15(18)25-13/h3-5,8H,1-2,6-7,9H2,(H2,18,22)(H,19,23,24). The van der Waals surface area contributed by atoms with Crippen LogP contribution in [0.2, 0.25) is 0 Å². The van der Waals surface area contributed by atoms with E-state index in [-0.39, 0.29) is 18.1 Å². The number of carbonyl (C=O) groups is 1. The van der Waals surface area contributed by atoms with E-state index >= 15 is 0 Å². The maximum atomic E-state index is 13.1. The van der Waals surface area contributed by atoms with E-state index in [0.29, 0.717) is 15.8 Å². The van der Waals surface area contributed by atoms with E-state index in [2.05, 4.69) is 25.7 Å². The zero-order valence-corrected chi connectivity index (χ0v) is 15.4. The van der Waals surface area contributed by atoms with Crippen LogP contribution >= 0.6 is 22.7 Å². The molecule has 7 nitrogen and oxygen atoms in total. The second-order valence-corrected chi connectivity index (χ2v) is 7.75. The van der Waals surface area contributed by atoms with Crippen molar-refractivity contribution in [1.29, 1.82) is 0 Å². The number of hydrogen-bond acceptors (Lipinski definition) is 8. The fourth-order valence-corrected chi connectivity index (χ4v) is 3.77. The molecule has 3 N–H and O–H groups in total. The SMILES string of the molecule is Nc1nnc(CCCCc2nnc(NC(=O)Cc3cccc(F)c3)s2)s1. The van der Waals surface area contributed by atoms with Crippen molar-refractivity contribution in [3.63, 3.8) is 0 Å². The maximum absolute atomic E-state index is 13.1. The lowest BCUT2D eigenvalue weighted by atomic mass is 10.1. The molecule has 10 heteroatoms. The lowest BCUT2D eigenvalue weighted by Gasteiger charge is -2.01. The molecule has 0 saturated heterocycles. The number of carbonyl (C=O) groups excluding carboxylic acids is 1. The molecule has 1 aromatic carbocycles. The minimum atomic E-state index is -0.357. The summed E-state index contributed by atoms with van der Waals surface area (Å²) < 4.78 is 13.1. The number of hydrogen-bond donors (Lipinski definition) is 2. The summed E-state index contributed by atoms with van der Waals surface area (Å²) in [6, 6.07) is 5.98. The van der Waals surface area contributed by atoms with Gasteiger partial charge in [0, 0.05) is 12.8 Å². The Morgan fingerprint density at radius 3 is 2.50 bits per heavy atom. The minimum absolute atomic E-state index is 0.0949. The molecule has 0 aliphatic carbocycles. The summed E-state index contributed by atoms with van der Waals surface area (Å²) in [7, 11) is 0. The number of amides is 1. The number of nitrogens with zero attached hydrogens (tertiary/aromatic N) is 4. The smallest absolute Gasteiger partial charge is 0.230 e. The molecule has 26 heavy (non-hydrogen) atoms. The van der Waals surface area contributed by atoms with E-state index in [1.165, 1.54) is 34.8 Å². The Balaban J connectivity index is 1.41. The summed E-state index contributed by atoms with van der Waals surface area (Å²) in [5.41, 5.74) is 6.16. The van der Waals surface area contributed by atoms with Gasteiger partial charge in [-0.25, -0.2) is 4.39 Å². The van der Waals surface area contributed by atoms with Gasteiger partial charge in [0.1, 0.15) is 15.8 Å². The Kier molecular flexibility index (Phi) is 6.18. The first-order valence-electron chi connectivity index (χ1n) is 8.03. The third kappa shape index (κ3) is 5.53. The zero-order valence-electron chi connectivity index (χ0n) is 13.8. The number of nitrogens with one attached hydrogen (secondary N) is 1. The molecule has 1 amide bonds. The summed E-state index contributed by atoms with van der Waals surface area (Å²) in [6.07, 6.45) is 3.61. The molecule has 0 unspecified atom stereocenters. The first-order chi connectivity index (χ1) is 12.6. The molecule has 0 bridgehead atoms. The highest BCUT2D eigenvalue weighted by Gasteiger charge is 2.10. The van der Waals surface area contributed by atoms with E-state index in [9.17, 15) is 9.18 Å². The summed E-state index contributed by atoms with van der Waals surface area (Å²) in [5.74, 6) is -0.600. The second-order valence-electron chi connectivity index (χ2n) is 5.60. The van der Waals surface area contributed by atoms with Crippen molar-refractivity contribution >= 4 is 38.8 Å². The number of unbranched alkanes of at least 4 members (excludes halogenated alkanes) is 1. The topological polar surface area (TPSA) is 107 Å². The maximum Gasteiger partial charge on any atom is 0.230 e. The predicted octanol–water partition coefficient (Wildman–Crippen LogP) is 2.86. The molecule has 2 aromatic heterocycles. The highest BCUT2D eigenvalue weighted by atomic mass is 32.1. The van der Waals surface area contributed by atoms with Crippen molar-refractivity contribution in [2.45, 2.75) is 32.1 Å². The molecule has 0 atom stereocenters. The molecule has 136 valence electrons. The average Bonchev–Trinajstić information content (AvgIpc) is 3.20. The lowest BCUT2D eigenvalue weighted by Crippen LogP contribution is -2.14. The first kappa shape index (κ1) is 18.3. The van der Waals surface area contributed by atoms with Gasteiger partial charge in [-0.2, -0.15) is 0 Å². The van der Waals surface area contributed by atoms with Crippen LogP contribution in [-0.4, -0.2) is 26.3 Å². The fourth-order valence-electron chi connectivity index (χ4n) is 2.32. The molecule has 0 aliphatic rings. The van der Waals surface area contributed by atoms with E-state index < -0.39 is 0 Å². The number of benzene rings is 1. The van der Waals surface area contributed by atoms with Crippen LogP contribution in [0, 0.1) is 5.82 Å². The van der Waals surface area contributed by atoms with Crippen LogP contribution in [0.5, 0.6) is 0 Å². The van der Waals surface area contributed by atoms with Crippen molar-refractivity contribution in [3.05, 3.63) is 45.7 Å². The van der Waals surface area contributed by atoms with Crippen LogP contribution in [0.25, 0.3) is 0 Å². The van der Waals surface area contributed by atoms with Gasteiger partial charge in [0.15, 0.2) is 0 Å². The van der Waals surface area contributed by atoms with Crippen LogP contribution in [0.15, 0.2) is 24.3 Å². The van der Waals surface area contributed by atoms with Gasteiger partial charge in [-0.05, 0) is 30.5 Å². The van der Waals surface area contributed by atoms with Crippen molar-refractivity contribution in [2.24, 2.45) is 0 Å². The van der Waals surface area contributed by atoms with E-state index in [0.717, 1.165) is 35.7 Å². The quantitative estimate of drug-likeness (QED) is 0.571. The van der Waals surface area contributed by atoms with Crippen LogP contribution in [-0.2, 0) is 24.1 Å². The highest BCUT2D eigenvalue weighted by Crippen LogP contribution is 2.19. The molecule has 0 radical (unpaired) electrons. The minimum Gasteiger partial charge on any atom is -0.374 e. The van der Waals surface area contributed by atoms with E-state index in [4.69, 9.17) is 5.73 Å². The Hall–Kier alpha value is -2.46. The Morgan fingerprint density at radius 2 is 1.81 bits per heavy atom. The largest absolute Gasteiger partial charge is 0.374 e. The van der Waals surface area contributed by atoms with Gasteiger partial charge in [-0.1, -0.05) is 34.8 Å². The molecule has 0 spiro atoms. The van der Waals surface area contributed by atoms with Crippen LogP contribution in [0.3, 0.4) is 0 Å². The third-order valence-corrected chi connectivity index (χ3v) is 5.19. The molecular weight excluding hydrogens is 375 g/mol. The second kappa shape index (κ2) is 8.77. The summed E-state index contributed by atoms with van der Waals surface area (Å²) in [4.78, 5) is 12.0. The van der Waals surface area contributed by atoms with Gasteiger partial charge >= 0.3 is 0 Å². The summed E-state index contributed by atoms with van der Waals surface area (Å²) >= 11 is 2.76. The van der Waals surface area contributed by atoms with Crippen molar-refractivity contribution in [3.8, 4) is 0 Å². The Labute approximate surface area is 157 Å². The van der Waals surface area contributed by atoms with Crippen LogP contribution in [0.4, 0.5) is 14.7 Å². The Morgan fingerprint density at radius 1 is 1.08 bits per heavy atom. The normalized spacial score (nSPS) is 10.8. The average molecular weight is 392 g/mol. The summed E-state index contributed by atoms with van der Waals surface area (Å²) in [6.45, 7) is 0. The van der Waals surface area contributed by atoms with Crippen LogP contribution < -0.4 is 11.1 Å². The monoisotopic (exact) mass is 392 g/mol. The molecule has 3 rings (SSSR count). The Bertz CT molecular complexity index is 881. The molecular formula is C16H17FN6OS2. The molecule has 3 aromatic rings. The van der Waals surface area contributed by atoms with Gasteiger partial charge in [-0.3, -0.25) is 4.79 Å². The van der Waals surface area contributed by atoms with Gasteiger partial charge in [0.25, 0.3) is 0 Å². The zero-order chi connectivity index (χ0) is 18.4. The van der Waals surface area contributed by atoms with Crippen molar-refractivity contribution in [1.82, 2.24) is 20.4 Å². The highest BCUT2D eigenvalue weighted by molar-refractivity contribution is 7.15. The molecule has 0 saturated carbocycles. The molecule has 0 aliphatic heterocycles. The number of aryl methyl sites for hydroxylation is 2. The van der Waals surface area contributed by atoms with Gasteiger partial charge in [0.05, 0.1) is 6.42 Å². The van der Waals surface area contributed by atoms with E-state index in [1.807, 2.05) is 0 Å². The van der Waals surface area contributed by atoms with Crippen LogP contribution in [0.1, 0.15) is 28.4 Å².